The first-order chi connectivity index (χ1) is 16.9. The molecule has 1 saturated heterocycles. The van der Waals surface area contributed by atoms with Crippen molar-refractivity contribution in [1.82, 2.24) is 25.2 Å². The molecule has 0 N–H and O–H groups in total. The van der Waals surface area contributed by atoms with Gasteiger partial charge in [0.2, 0.25) is 5.89 Å². The average molecular weight is 484 g/mol. The summed E-state index contributed by atoms with van der Waals surface area (Å²) in [6.07, 6.45) is -2.68. The molecule has 4 aromatic rings. The fourth-order valence-electron chi connectivity index (χ4n) is 4.13. The Balaban J connectivity index is 1.25. The summed E-state index contributed by atoms with van der Waals surface area (Å²) >= 11 is 0. The second-order valence-electron chi connectivity index (χ2n) is 8.35. The van der Waals surface area contributed by atoms with Crippen molar-refractivity contribution >= 4 is 5.82 Å². The van der Waals surface area contributed by atoms with Gasteiger partial charge in [-0.3, -0.25) is 4.90 Å². The number of nitrogens with zero attached hydrogens (tertiary/aromatic N) is 6. The van der Waals surface area contributed by atoms with Gasteiger partial charge < -0.3 is 13.8 Å². The van der Waals surface area contributed by atoms with E-state index in [0.717, 1.165) is 30.8 Å². The molecule has 0 atom stereocenters. The highest BCUT2D eigenvalue weighted by Gasteiger charge is 2.31. The average Bonchev–Trinajstić information content (AvgIpc) is 3.39. The lowest BCUT2D eigenvalue weighted by molar-refractivity contribution is -0.137. The fraction of sp³-hybridized carbons (Fsp3) is 0.333. The molecule has 0 amide bonds. The first-order valence-corrected chi connectivity index (χ1v) is 11.2. The minimum atomic E-state index is -4.39. The topological polar surface area (TPSA) is 84.3 Å². The maximum atomic E-state index is 12.8. The quantitative estimate of drug-likeness (QED) is 0.399. The molecule has 1 fully saturated rings. The van der Waals surface area contributed by atoms with Crippen molar-refractivity contribution in [1.29, 1.82) is 0 Å². The summed E-state index contributed by atoms with van der Waals surface area (Å²) < 4.78 is 49.8. The lowest BCUT2D eigenvalue weighted by Gasteiger charge is -2.22. The summed E-state index contributed by atoms with van der Waals surface area (Å²) in [5, 5.41) is 12.6. The maximum absolute atomic E-state index is 12.8. The van der Waals surface area contributed by atoms with Crippen molar-refractivity contribution in [3.63, 3.8) is 0 Å². The van der Waals surface area contributed by atoms with Crippen molar-refractivity contribution in [3.8, 4) is 22.7 Å². The van der Waals surface area contributed by atoms with Crippen LogP contribution in [0.4, 0.5) is 19.0 Å². The number of rotatable bonds is 5. The molecule has 35 heavy (non-hydrogen) atoms. The molecule has 0 saturated carbocycles. The van der Waals surface area contributed by atoms with Crippen LogP contribution in [0.5, 0.6) is 0 Å². The minimum Gasteiger partial charge on any atom is -0.419 e. The largest absolute Gasteiger partial charge is 0.419 e. The predicted molar refractivity (Wildman–Crippen MR) is 121 cm³/mol. The van der Waals surface area contributed by atoms with Crippen LogP contribution in [-0.2, 0) is 12.7 Å². The molecule has 11 heteroatoms. The van der Waals surface area contributed by atoms with E-state index in [-0.39, 0.29) is 0 Å². The molecule has 1 aromatic carbocycles. The summed E-state index contributed by atoms with van der Waals surface area (Å²) in [5.74, 6) is 1.95. The van der Waals surface area contributed by atoms with Crippen LogP contribution in [0.25, 0.3) is 22.7 Å². The van der Waals surface area contributed by atoms with Gasteiger partial charge in [0.05, 0.1) is 12.1 Å². The summed E-state index contributed by atoms with van der Waals surface area (Å²) in [6.45, 7) is 5.06. The van der Waals surface area contributed by atoms with E-state index in [9.17, 15) is 13.2 Å². The Morgan fingerprint density at radius 1 is 0.971 bits per heavy atom. The molecule has 5 rings (SSSR count). The van der Waals surface area contributed by atoms with Crippen LogP contribution in [0.2, 0.25) is 0 Å². The first-order valence-electron chi connectivity index (χ1n) is 11.2. The third-order valence-corrected chi connectivity index (χ3v) is 5.94. The number of halogens is 3. The zero-order valence-electron chi connectivity index (χ0n) is 19.0. The van der Waals surface area contributed by atoms with Gasteiger partial charge in [0.25, 0.3) is 5.89 Å². The minimum absolute atomic E-state index is 0.350. The molecule has 0 bridgehead atoms. The number of pyridine rings is 1. The molecular weight excluding hydrogens is 461 g/mol. The van der Waals surface area contributed by atoms with E-state index >= 15 is 0 Å². The first kappa shape index (κ1) is 23.0. The van der Waals surface area contributed by atoms with E-state index in [0.29, 0.717) is 60.8 Å². The van der Waals surface area contributed by atoms with Gasteiger partial charge in [0, 0.05) is 37.9 Å². The molecule has 182 valence electrons. The highest BCUT2D eigenvalue weighted by atomic mass is 19.4. The molecule has 4 heterocycles. The van der Waals surface area contributed by atoms with Crippen molar-refractivity contribution in [2.75, 3.05) is 31.1 Å². The standard InChI is InChI=1S/C24H23F3N6O2/c1-16-21(22(31-35-16)17-6-3-2-4-7-17)23-30-29-20(34-23)15-32-10-5-11-33(13-12-32)19-9-8-18(14-28-19)24(25,26)27/h2-4,6-9,14H,5,10-13,15H2,1H3. The molecular formula is C24H23F3N6O2. The number of anilines is 1. The van der Waals surface area contributed by atoms with Gasteiger partial charge in [-0.05, 0) is 25.5 Å². The number of hydrogen-bond donors (Lipinski definition) is 0. The van der Waals surface area contributed by atoms with Crippen LogP contribution in [0, 0.1) is 6.92 Å². The smallest absolute Gasteiger partial charge is 0.417 e. The molecule has 3 aromatic heterocycles. The third-order valence-electron chi connectivity index (χ3n) is 5.94. The molecule has 1 aliphatic heterocycles. The zero-order valence-corrected chi connectivity index (χ0v) is 19.0. The van der Waals surface area contributed by atoms with E-state index in [4.69, 9.17) is 8.94 Å². The lowest BCUT2D eigenvalue weighted by Crippen LogP contribution is -2.31. The van der Waals surface area contributed by atoms with E-state index in [1.165, 1.54) is 6.07 Å². The number of alkyl halides is 3. The van der Waals surface area contributed by atoms with Crippen LogP contribution in [0.15, 0.2) is 57.6 Å². The summed E-state index contributed by atoms with van der Waals surface area (Å²) in [7, 11) is 0. The summed E-state index contributed by atoms with van der Waals surface area (Å²) in [5.41, 5.74) is 1.46. The van der Waals surface area contributed by atoms with Crippen molar-refractivity contribution < 1.29 is 22.1 Å². The van der Waals surface area contributed by atoms with Crippen molar-refractivity contribution in [2.45, 2.75) is 26.1 Å². The fourth-order valence-corrected chi connectivity index (χ4v) is 4.13. The van der Waals surface area contributed by atoms with Crippen LogP contribution >= 0.6 is 0 Å². The highest BCUT2D eigenvalue weighted by molar-refractivity contribution is 5.77. The molecule has 0 aliphatic carbocycles. The highest BCUT2D eigenvalue weighted by Crippen LogP contribution is 2.33. The van der Waals surface area contributed by atoms with Crippen LogP contribution in [-0.4, -0.2) is 51.4 Å². The summed E-state index contributed by atoms with van der Waals surface area (Å²) in [4.78, 5) is 8.20. The Morgan fingerprint density at radius 3 is 2.54 bits per heavy atom. The van der Waals surface area contributed by atoms with Crippen LogP contribution < -0.4 is 4.90 Å². The molecule has 1 aliphatic rings. The third kappa shape index (κ3) is 5.04. The Morgan fingerprint density at radius 2 is 1.80 bits per heavy atom. The molecule has 0 spiro atoms. The van der Waals surface area contributed by atoms with Gasteiger partial charge >= 0.3 is 6.18 Å². The second kappa shape index (κ2) is 9.49. The Labute approximate surface area is 199 Å². The van der Waals surface area contributed by atoms with Crippen LogP contribution in [0.3, 0.4) is 0 Å². The molecule has 8 nitrogen and oxygen atoms in total. The normalized spacial score (nSPS) is 15.4. The number of aromatic nitrogens is 4. The Hall–Kier alpha value is -3.73. The van der Waals surface area contributed by atoms with Gasteiger partial charge in [-0.15, -0.1) is 10.2 Å². The Bertz CT molecular complexity index is 1270. The van der Waals surface area contributed by atoms with Crippen molar-refractivity contribution in [2.24, 2.45) is 0 Å². The van der Waals surface area contributed by atoms with Gasteiger partial charge in [-0.25, -0.2) is 4.98 Å². The monoisotopic (exact) mass is 484 g/mol. The predicted octanol–water partition coefficient (Wildman–Crippen LogP) is 4.83. The van der Waals surface area contributed by atoms with E-state index in [1.807, 2.05) is 35.2 Å². The lowest BCUT2D eigenvalue weighted by atomic mass is 10.1. The number of aryl methyl sites for hydroxylation is 1. The second-order valence-corrected chi connectivity index (χ2v) is 8.35. The Kier molecular flexibility index (Phi) is 6.25. The van der Waals surface area contributed by atoms with E-state index in [1.54, 1.807) is 6.92 Å². The molecule has 0 radical (unpaired) electrons. The van der Waals surface area contributed by atoms with E-state index < -0.39 is 11.7 Å². The van der Waals surface area contributed by atoms with Gasteiger partial charge in [0.1, 0.15) is 22.8 Å². The zero-order chi connectivity index (χ0) is 24.4. The maximum Gasteiger partial charge on any atom is 0.417 e. The van der Waals surface area contributed by atoms with Crippen molar-refractivity contribution in [3.05, 3.63) is 65.9 Å². The van der Waals surface area contributed by atoms with Gasteiger partial charge in [0.15, 0.2) is 0 Å². The van der Waals surface area contributed by atoms with E-state index in [2.05, 4.69) is 25.2 Å². The summed E-state index contributed by atoms with van der Waals surface area (Å²) in [6, 6.07) is 12.1. The van der Waals surface area contributed by atoms with Gasteiger partial charge in [-0.1, -0.05) is 35.5 Å². The van der Waals surface area contributed by atoms with Crippen LogP contribution in [0.1, 0.15) is 23.6 Å². The molecule has 0 unspecified atom stereocenters. The number of hydrogen-bond acceptors (Lipinski definition) is 8. The SMILES string of the molecule is Cc1onc(-c2ccccc2)c1-c1nnc(CN2CCCN(c3ccc(C(F)(F)F)cn3)CC2)o1. The van der Waals surface area contributed by atoms with Gasteiger partial charge in [-0.2, -0.15) is 13.2 Å². The number of benzene rings is 1.